The van der Waals surface area contributed by atoms with Crippen molar-refractivity contribution in [2.24, 2.45) is 0 Å². The Labute approximate surface area is 170 Å². The van der Waals surface area contributed by atoms with E-state index in [1.54, 1.807) is 18.2 Å². The molecule has 0 spiro atoms. The van der Waals surface area contributed by atoms with E-state index in [9.17, 15) is 9.18 Å². The summed E-state index contributed by atoms with van der Waals surface area (Å²) in [6.07, 6.45) is 0. The molecule has 4 rings (SSSR count). The van der Waals surface area contributed by atoms with Crippen LogP contribution >= 0.6 is 11.6 Å². The van der Waals surface area contributed by atoms with Crippen molar-refractivity contribution in [3.8, 4) is 5.75 Å². The molecule has 1 N–H and O–H groups in total. The number of carboxylic acid groups (broad SMARTS) is 1. The first-order valence-electron chi connectivity index (χ1n) is 8.85. The molecule has 3 aromatic carbocycles. The molecule has 0 aliphatic heterocycles. The third kappa shape index (κ3) is 4.07. The maximum Gasteiger partial charge on any atom is 0.335 e. The fourth-order valence-corrected chi connectivity index (χ4v) is 3.30. The number of hydrogen-bond donors (Lipinski definition) is 1. The summed E-state index contributed by atoms with van der Waals surface area (Å²) in [5, 5.41) is 9.34. The Bertz CT molecular complexity index is 1190. The first-order chi connectivity index (χ1) is 14.0. The number of carboxylic acids is 1. The van der Waals surface area contributed by atoms with E-state index < -0.39 is 5.97 Å². The second-order valence-corrected chi connectivity index (χ2v) is 6.86. The van der Waals surface area contributed by atoms with Gasteiger partial charge in [-0.3, -0.25) is 0 Å². The van der Waals surface area contributed by atoms with Gasteiger partial charge in [0.1, 0.15) is 24.0 Å². The number of fused-ring (bicyclic) bond motifs is 1. The summed E-state index contributed by atoms with van der Waals surface area (Å²) < 4.78 is 21.2. The zero-order chi connectivity index (χ0) is 20.4. The van der Waals surface area contributed by atoms with Gasteiger partial charge in [-0.25, -0.2) is 14.2 Å². The van der Waals surface area contributed by atoms with Gasteiger partial charge in [0.05, 0.1) is 23.1 Å². The normalized spacial score (nSPS) is 11.0. The van der Waals surface area contributed by atoms with Gasteiger partial charge in [0.25, 0.3) is 0 Å². The lowest BCUT2D eigenvalue weighted by Gasteiger charge is -2.12. The zero-order valence-electron chi connectivity index (χ0n) is 15.2. The first-order valence-corrected chi connectivity index (χ1v) is 9.23. The fourth-order valence-electron chi connectivity index (χ4n) is 3.07. The summed E-state index contributed by atoms with van der Waals surface area (Å²) in [7, 11) is 0. The molecule has 0 atom stereocenters. The van der Waals surface area contributed by atoms with E-state index in [1.165, 1.54) is 24.3 Å². The number of rotatable bonds is 6. The standard InChI is InChI=1S/C22H16ClFN2O3/c23-18-11-16(24)8-5-15(18)12-26-20-4-2-1-3-19(20)25-21(26)13-29-17-9-6-14(7-10-17)22(27)28/h1-11H,12-13H2,(H,27,28). The van der Waals surface area contributed by atoms with Crippen molar-refractivity contribution in [3.05, 3.63) is 94.5 Å². The fraction of sp³-hybridized carbons (Fsp3) is 0.0909. The van der Waals surface area contributed by atoms with Gasteiger partial charge in [-0.1, -0.05) is 29.8 Å². The SMILES string of the molecule is O=C(O)c1ccc(OCc2nc3ccccc3n2Cc2ccc(F)cc2Cl)cc1. The Kier molecular flexibility index (Phi) is 5.18. The summed E-state index contributed by atoms with van der Waals surface area (Å²) in [6, 6.07) is 18.2. The minimum atomic E-state index is -0.991. The van der Waals surface area contributed by atoms with Crippen LogP contribution in [-0.2, 0) is 13.2 Å². The highest BCUT2D eigenvalue weighted by atomic mass is 35.5. The molecule has 0 radical (unpaired) electrons. The van der Waals surface area contributed by atoms with Crippen LogP contribution in [-0.4, -0.2) is 20.6 Å². The van der Waals surface area contributed by atoms with E-state index in [2.05, 4.69) is 4.98 Å². The molecule has 146 valence electrons. The highest BCUT2D eigenvalue weighted by molar-refractivity contribution is 6.31. The Morgan fingerprint density at radius 1 is 1.10 bits per heavy atom. The van der Waals surface area contributed by atoms with Gasteiger partial charge in [0, 0.05) is 5.02 Å². The summed E-state index contributed by atoms with van der Waals surface area (Å²) in [4.78, 5) is 15.6. The lowest BCUT2D eigenvalue weighted by atomic mass is 10.2. The number of benzene rings is 3. The number of aromatic carboxylic acids is 1. The van der Waals surface area contributed by atoms with Gasteiger partial charge in [-0.05, 0) is 54.1 Å². The predicted octanol–water partition coefficient (Wildman–Crippen LogP) is 5.15. The number of hydrogen-bond acceptors (Lipinski definition) is 3. The molecule has 5 nitrogen and oxygen atoms in total. The molecule has 4 aromatic rings. The van der Waals surface area contributed by atoms with Gasteiger partial charge in [0.15, 0.2) is 0 Å². The molecule has 0 fully saturated rings. The quantitative estimate of drug-likeness (QED) is 0.477. The second-order valence-electron chi connectivity index (χ2n) is 6.46. The topological polar surface area (TPSA) is 64.3 Å². The van der Waals surface area contributed by atoms with Crippen LogP contribution in [0.25, 0.3) is 11.0 Å². The van der Waals surface area contributed by atoms with Crippen LogP contribution in [0.15, 0.2) is 66.7 Å². The third-order valence-corrected chi connectivity index (χ3v) is 4.90. The Morgan fingerprint density at radius 3 is 2.59 bits per heavy atom. The number of para-hydroxylation sites is 2. The van der Waals surface area contributed by atoms with Gasteiger partial charge < -0.3 is 14.4 Å². The number of aromatic nitrogens is 2. The number of carbonyl (C=O) groups is 1. The second kappa shape index (κ2) is 7.93. The highest BCUT2D eigenvalue weighted by Crippen LogP contribution is 2.24. The average Bonchev–Trinajstić information content (AvgIpc) is 3.06. The Hall–Kier alpha value is -3.38. The average molecular weight is 411 g/mol. The number of ether oxygens (including phenoxy) is 1. The molecule has 0 saturated carbocycles. The lowest BCUT2D eigenvalue weighted by molar-refractivity contribution is 0.0697. The van der Waals surface area contributed by atoms with Crippen molar-refractivity contribution in [1.82, 2.24) is 9.55 Å². The van der Waals surface area contributed by atoms with Crippen LogP contribution in [0.5, 0.6) is 5.75 Å². The van der Waals surface area contributed by atoms with Gasteiger partial charge >= 0.3 is 5.97 Å². The summed E-state index contributed by atoms with van der Waals surface area (Å²) in [5.41, 5.74) is 2.68. The van der Waals surface area contributed by atoms with E-state index in [1.807, 2.05) is 28.8 Å². The van der Waals surface area contributed by atoms with Crippen molar-refractivity contribution in [1.29, 1.82) is 0 Å². The van der Waals surface area contributed by atoms with Crippen LogP contribution in [0.1, 0.15) is 21.7 Å². The molecular weight excluding hydrogens is 395 g/mol. The van der Waals surface area contributed by atoms with Crippen molar-refractivity contribution < 1.29 is 19.0 Å². The molecular formula is C22H16ClFN2O3. The molecule has 29 heavy (non-hydrogen) atoms. The van der Waals surface area contributed by atoms with Gasteiger partial charge in [-0.15, -0.1) is 0 Å². The van der Waals surface area contributed by atoms with E-state index in [0.717, 1.165) is 16.6 Å². The Balaban J connectivity index is 1.63. The summed E-state index contributed by atoms with van der Waals surface area (Å²) >= 11 is 6.21. The smallest absolute Gasteiger partial charge is 0.335 e. The monoisotopic (exact) mass is 410 g/mol. The van der Waals surface area contributed by atoms with E-state index in [-0.39, 0.29) is 18.0 Å². The number of halogens is 2. The largest absolute Gasteiger partial charge is 0.486 e. The molecule has 0 bridgehead atoms. The summed E-state index contributed by atoms with van der Waals surface area (Å²) in [5.74, 6) is -0.167. The first kappa shape index (κ1) is 19.0. The third-order valence-electron chi connectivity index (χ3n) is 4.55. The molecule has 7 heteroatoms. The molecule has 0 saturated heterocycles. The van der Waals surface area contributed by atoms with Crippen LogP contribution in [0, 0.1) is 5.82 Å². The van der Waals surface area contributed by atoms with E-state index in [4.69, 9.17) is 21.4 Å². The minimum Gasteiger partial charge on any atom is -0.486 e. The molecule has 1 heterocycles. The maximum atomic E-state index is 13.4. The number of imidazole rings is 1. The van der Waals surface area contributed by atoms with E-state index >= 15 is 0 Å². The highest BCUT2D eigenvalue weighted by Gasteiger charge is 2.13. The van der Waals surface area contributed by atoms with Crippen molar-refractivity contribution in [3.63, 3.8) is 0 Å². The zero-order valence-corrected chi connectivity index (χ0v) is 15.9. The van der Waals surface area contributed by atoms with Crippen molar-refractivity contribution in [2.75, 3.05) is 0 Å². The van der Waals surface area contributed by atoms with Crippen molar-refractivity contribution >= 4 is 28.6 Å². The Morgan fingerprint density at radius 2 is 1.86 bits per heavy atom. The molecule has 0 amide bonds. The molecule has 0 aliphatic carbocycles. The van der Waals surface area contributed by atoms with Crippen LogP contribution in [0.3, 0.4) is 0 Å². The number of nitrogens with zero attached hydrogens (tertiary/aromatic N) is 2. The van der Waals surface area contributed by atoms with Crippen LogP contribution in [0.2, 0.25) is 5.02 Å². The minimum absolute atomic E-state index is 0.180. The van der Waals surface area contributed by atoms with Gasteiger partial charge in [0.2, 0.25) is 0 Å². The van der Waals surface area contributed by atoms with Crippen LogP contribution < -0.4 is 4.74 Å². The maximum absolute atomic E-state index is 13.4. The predicted molar refractivity (Wildman–Crippen MR) is 108 cm³/mol. The van der Waals surface area contributed by atoms with Crippen LogP contribution in [0.4, 0.5) is 4.39 Å². The molecule has 0 aliphatic rings. The van der Waals surface area contributed by atoms with E-state index in [0.29, 0.717) is 23.1 Å². The van der Waals surface area contributed by atoms with Crippen molar-refractivity contribution in [2.45, 2.75) is 13.2 Å². The lowest BCUT2D eigenvalue weighted by Crippen LogP contribution is -2.09. The molecule has 0 unspecified atom stereocenters. The van der Waals surface area contributed by atoms with Gasteiger partial charge in [-0.2, -0.15) is 0 Å². The molecule has 1 aromatic heterocycles. The summed E-state index contributed by atoms with van der Waals surface area (Å²) in [6.45, 7) is 0.593.